The van der Waals surface area contributed by atoms with Crippen molar-refractivity contribution in [2.45, 2.75) is 25.1 Å². The lowest BCUT2D eigenvalue weighted by Crippen LogP contribution is -2.15. The molecule has 1 N–H and O–H groups in total. The minimum atomic E-state index is -4.44. The lowest BCUT2D eigenvalue weighted by atomic mass is 10.1. The molecule has 1 aromatic heterocycles. The Balaban J connectivity index is 2.29. The van der Waals surface area contributed by atoms with Gasteiger partial charge >= 0.3 is 6.18 Å². The molecule has 16 heavy (non-hydrogen) atoms. The van der Waals surface area contributed by atoms with Crippen LogP contribution in [0.3, 0.4) is 0 Å². The topological polar surface area (TPSA) is 24.9 Å². The Morgan fingerprint density at radius 1 is 1.38 bits per heavy atom. The standard InChI is InChI=1S/C10H10ClF3N2/c11-9-6(7-2-1-5-15-7)3-4-8(16-9)10(12,13)14/h3-4,7,15H,1-2,5H2/t7-/m0/s1. The zero-order valence-corrected chi connectivity index (χ0v) is 9.07. The summed E-state index contributed by atoms with van der Waals surface area (Å²) in [5.74, 6) is 0. The van der Waals surface area contributed by atoms with E-state index < -0.39 is 11.9 Å². The summed E-state index contributed by atoms with van der Waals surface area (Å²) >= 11 is 5.76. The molecule has 0 saturated carbocycles. The van der Waals surface area contributed by atoms with Gasteiger partial charge in [0, 0.05) is 11.6 Å². The van der Waals surface area contributed by atoms with Crippen LogP contribution in [-0.2, 0) is 6.18 Å². The molecule has 0 aliphatic carbocycles. The van der Waals surface area contributed by atoms with Crippen LogP contribution in [0.5, 0.6) is 0 Å². The predicted octanol–water partition coefficient (Wildman–Crippen LogP) is 3.18. The van der Waals surface area contributed by atoms with Gasteiger partial charge in [0.05, 0.1) is 0 Å². The van der Waals surface area contributed by atoms with E-state index in [0.29, 0.717) is 5.56 Å². The summed E-state index contributed by atoms with van der Waals surface area (Å²) in [6, 6.07) is 2.41. The minimum Gasteiger partial charge on any atom is -0.310 e. The van der Waals surface area contributed by atoms with Crippen molar-refractivity contribution >= 4 is 11.6 Å². The lowest BCUT2D eigenvalue weighted by molar-refractivity contribution is -0.141. The molecule has 1 fully saturated rings. The molecule has 2 nitrogen and oxygen atoms in total. The van der Waals surface area contributed by atoms with E-state index in [1.165, 1.54) is 6.07 Å². The molecule has 0 amide bonds. The molecule has 1 saturated heterocycles. The van der Waals surface area contributed by atoms with Crippen LogP contribution in [0.15, 0.2) is 12.1 Å². The first-order valence-electron chi connectivity index (χ1n) is 4.95. The van der Waals surface area contributed by atoms with Crippen molar-refractivity contribution in [2.75, 3.05) is 6.54 Å². The molecular formula is C10H10ClF3N2. The Morgan fingerprint density at radius 3 is 2.62 bits per heavy atom. The summed E-state index contributed by atoms with van der Waals surface area (Å²) in [5, 5.41) is 3.11. The highest BCUT2D eigenvalue weighted by Crippen LogP contribution is 2.33. The lowest BCUT2D eigenvalue weighted by Gasteiger charge is -2.13. The number of rotatable bonds is 1. The van der Waals surface area contributed by atoms with Gasteiger partial charge in [-0.3, -0.25) is 0 Å². The Bertz CT molecular complexity index is 386. The van der Waals surface area contributed by atoms with Crippen molar-refractivity contribution in [1.29, 1.82) is 0 Å². The molecule has 1 aliphatic rings. The molecule has 0 radical (unpaired) electrons. The van der Waals surface area contributed by atoms with Crippen molar-refractivity contribution in [3.8, 4) is 0 Å². The number of alkyl halides is 3. The fourth-order valence-corrected chi connectivity index (χ4v) is 2.10. The zero-order chi connectivity index (χ0) is 11.8. The van der Waals surface area contributed by atoms with E-state index in [1.54, 1.807) is 0 Å². The van der Waals surface area contributed by atoms with E-state index in [-0.39, 0.29) is 11.2 Å². The largest absolute Gasteiger partial charge is 0.433 e. The van der Waals surface area contributed by atoms with Gasteiger partial charge in [0.15, 0.2) is 0 Å². The first-order chi connectivity index (χ1) is 7.48. The van der Waals surface area contributed by atoms with Crippen molar-refractivity contribution in [2.24, 2.45) is 0 Å². The number of hydrogen-bond donors (Lipinski definition) is 1. The number of nitrogens with zero attached hydrogens (tertiary/aromatic N) is 1. The van der Waals surface area contributed by atoms with E-state index in [4.69, 9.17) is 11.6 Å². The summed E-state index contributed by atoms with van der Waals surface area (Å²) < 4.78 is 37.0. The number of halogens is 4. The summed E-state index contributed by atoms with van der Waals surface area (Å²) in [6.07, 6.45) is -2.56. The normalized spacial score (nSPS) is 21.4. The van der Waals surface area contributed by atoms with Crippen LogP contribution in [-0.4, -0.2) is 11.5 Å². The molecule has 1 atom stereocenters. The summed E-state index contributed by atoms with van der Waals surface area (Å²) in [6.45, 7) is 0.863. The van der Waals surface area contributed by atoms with Crippen LogP contribution in [0.25, 0.3) is 0 Å². The smallest absolute Gasteiger partial charge is 0.310 e. The molecule has 0 unspecified atom stereocenters. The van der Waals surface area contributed by atoms with Crippen LogP contribution in [0, 0.1) is 0 Å². The predicted molar refractivity (Wildman–Crippen MR) is 54.2 cm³/mol. The van der Waals surface area contributed by atoms with Gasteiger partial charge < -0.3 is 5.32 Å². The maximum Gasteiger partial charge on any atom is 0.433 e. The third-order valence-corrected chi connectivity index (χ3v) is 2.91. The Morgan fingerprint density at radius 2 is 2.12 bits per heavy atom. The summed E-state index contributed by atoms with van der Waals surface area (Å²) in [7, 11) is 0. The Hall–Kier alpha value is -0.810. The Labute approximate surface area is 95.8 Å². The van der Waals surface area contributed by atoms with E-state index in [9.17, 15) is 13.2 Å². The van der Waals surface area contributed by atoms with Gasteiger partial charge in [-0.15, -0.1) is 0 Å². The molecule has 6 heteroatoms. The van der Waals surface area contributed by atoms with Crippen LogP contribution in [0.2, 0.25) is 5.15 Å². The van der Waals surface area contributed by atoms with Crippen molar-refractivity contribution in [1.82, 2.24) is 10.3 Å². The van der Waals surface area contributed by atoms with Crippen LogP contribution in [0.1, 0.15) is 30.1 Å². The molecule has 0 spiro atoms. The average Bonchev–Trinajstić information content (AvgIpc) is 2.69. The molecule has 1 aromatic rings. The Kier molecular flexibility index (Phi) is 3.08. The minimum absolute atomic E-state index is 0.0299. The number of pyridine rings is 1. The molecule has 1 aliphatic heterocycles. The third kappa shape index (κ3) is 2.30. The fraction of sp³-hybridized carbons (Fsp3) is 0.500. The van der Waals surface area contributed by atoms with Gasteiger partial charge in [-0.2, -0.15) is 13.2 Å². The second-order valence-electron chi connectivity index (χ2n) is 3.72. The molecule has 88 valence electrons. The first-order valence-corrected chi connectivity index (χ1v) is 5.33. The maximum absolute atomic E-state index is 12.3. The first kappa shape index (κ1) is 11.7. The van der Waals surface area contributed by atoms with Gasteiger partial charge in [0.1, 0.15) is 10.8 Å². The SMILES string of the molecule is FC(F)(F)c1ccc([C@@H]2CCCN2)c(Cl)n1. The van der Waals surface area contributed by atoms with Crippen molar-refractivity contribution in [3.63, 3.8) is 0 Å². The van der Waals surface area contributed by atoms with Gasteiger partial charge in [-0.25, -0.2) is 4.98 Å². The van der Waals surface area contributed by atoms with Gasteiger partial charge in [-0.1, -0.05) is 17.7 Å². The molecule has 2 rings (SSSR count). The van der Waals surface area contributed by atoms with E-state index in [2.05, 4.69) is 10.3 Å². The fourth-order valence-electron chi connectivity index (χ4n) is 1.81. The monoisotopic (exact) mass is 250 g/mol. The van der Waals surface area contributed by atoms with E-state index in [0.717, 1.165) is 25.5 Å². The quantitative estimate of drug-likeness (QED) is 0.775. The summed E-state index contributed by atoms with van der Waals surface area (Å²) in [4.78, 5) is 3.39. The van der Waals surface area contributed by atoms with Gasteiger partial charge in [0.25, 0.3) is 0 Å². The average molecular weight is 251 g/mol. The van der Waals surface area contributed by atoms with Gasteiger partial charge in [0.2, 0.25) is 0 Å². The van der Waals surface area contributed by atoms with E-state index in [1.807, 2.05) is 0 Å². The zero-order valence-electron chi connectivity index (χ0n) is 8.31. The number of hydrogen-bond acceptors (Lipinski definition) is 2. The van der Waals surface area contributed by atoms with E-state index >= 15 is 0 Å². The number of nitrogens with one attached hydrogen (secondary N) is 1. The molecular weight excluding hydrogens is 241 g/mol. The molecule has 0 bridgehead atoms. The second kappa shape index (κ2) is 4.22. The second-order valence-corrected chi connectivity index (χ2v) is 4.08. The highest BCUT2D eigenvalue weighted by atomic mass is 35.5. The van der Waals surface area contributed by atoms with Crippen molar-refractivity contribution in [3.05, 3.63) is 28.5 Å². The third-order valence-electron chi connectivity index (χ3n) is 2.60. The number of aromatic nitrogens is 1. The van der Waals surface area contributed by atoms with Crippen LogP contribution >= 0.6 is 11.6 Å². The molecule has 2 heterocycles. The van der Waals surface area contributed by atoms with Gasteiger partial charge in [-0.05, 0) is 25.5 Å². The maximum atomic E-state index is 12.3. The summed E-state index contributed by atoms with van der Waals surface area (Å²) in [5.41, 5.74) is -0.300. The van der Waals surface area contributed by atoms with Crippen LogP contribution in [0.4, 0.5) is 13.2 Å². The van der Waals surface area contributed by atoms with Crippen molar-refractivity contribution < 1.29 is 13.2 Å². The molecule has 0 aromatic carbocycles. The van der Waals surface area contributed by atoms with Crippen LogP contribution < -0.4 is 5.32 Å². The highest BCUT2D eigenvalue weighted by Gasteiger charge is 2.33. The highest BCUT2D eigenvalue weighted by molar-refractivity contribution is 6.30.